The van der Waals surface area contributed by atoms with E-state index < -0.39 is 29.2 Å². The Morgan fingerprint density at radius 2 is 1.97 bits per heavy atom. The number of anilines is 1. The molecule has 31 heavy (non-hydrogen) atoms. The summed E-state index contributed by atoms with van der Waals surface area (Å²) in [4.78, 5) is 22.8. The van der Waals surface area contributed by atoms with Crippen LogP contribution in [0.3, 0.4) is 0 Å². The van der Waals surface area contributed by atoms with Crippen molar-refractivity contribution in [2.24, 2.45) is 0 Å². The van der Waals surface area contributed by atoms with Crippen LogP contribution in [-0.4, -0.2) is 20.6 Å². The number of nitro groups is 1. The van der Waals surface area contributed by atoms with Gasteiger partial charge in [0.05, 0.1) is 16.7 Å². The highest BCUT2D eigenvalue weighted by Gasteiger charge is 2.33. The lowest BCUT2D eigenvalue weighted by atomic mass is 10.2. The van der Waals surface area contributed by atoms with Gasteiger partial charge in [0, 0.05) is 23.4 Å². The van der Waals surface area contributed by atoms with Crippen molar-refractivity contribution in [1.29, 1.82) is 0 Å². The molecule has 12 heteroatoms. The van der Waals surface area contributed by atoms with Crippen LogP contribution in [0.15, 0.2) is 48.7 Å². The molecular weight excluding hydrogens is 441 g/mol. The predicted octanol–water partition coefficient (Wildman–Crippen LogP) is 5.20. The maximum absolute atomic E-state index is 12.6. The zero-order chi connectivity index (χ0) is 22.8. The number of hydrogen-bond acceptors (Lipinski definition) is 5. The summed E-state index contributed by atoms with van der Waals surface area (Å²) >= 11 is 5.96. The minimum Gasteiger partial charge on any atom is -0.457 e. The van der Waals surface area contributed by atoms with Crippen LogP contribution in [0.5, 0.6) is 11.5 Å². The summed E-state index contributed by atoms with van der Waals surface area (Å²) < 4.78 is 44.3. The Morgan fingerprint density at radius 1 is 1.23 bits per heavy atom. The average Bonchev–Trinajstić information content (AvgIpc) is 3.13. The summed E-state index contributed by atoms with van der Waals surface area (Å²) in [5, 5.41) is 17.4. The standard InChI is InChI=1S/C19H14ClF3N4O4/c1-11-6-14(2-3-16(11)20)31-15-8-12(7-13(9-15)27(29)30)24-18(28)10-26-5-4-17(25-26)19(21,22)23/h2-9H,10H2,1H3,(H,24,28). The number of nitrogens with one attached hydrogen (secondary N) is 1. The largest absolute Gasteiger partial charge is 0.457 e. The summed E-state index contributed by atoms with van der Waals surface area (Å²) in [6, 6.07) is 9.16. The molecule has 0 fully saturated rings. The van der Waals surface area contributed by atoms with Crippen LogP contribution in [0, 0.1) is 17.0 Å². The van der Waals surface area contributed by atoms with Crippen molar-refractivity contribution in [3.63, 3.8) is 0 Å². The van der Waals surface area contributed by atoms with Gasteiger partial charge >= 0.3 is 6.18 Å². The summed E-state index contributed by atoms with van der Waals surface area (Å²) in [5.41, 5.74) is -0.722. The van der Waals surface area contributed by atoms with E-state index in [1.54, 1.807) is 25.1 Å². The van der Waals surface area contributed by atoms with Crippen molar-refractivity contribution in [3.8, 4) is 11.5 Å². The van der Waals surface area contributed by atoms with Crippen molar-refractivity contribution in [3.05, 3.63) is 75.1 Å². The van der Waals surface area contributed by atoms with Gasteiger partial charge in [-0.05, 0) is 36.8 Å². The second-order valence-corrected chi connectivity index (χ2v) is 6.84. The highest BCUT2D eigenvalue weighted by atomic mass is 35.5. The summed E-state index contributed by atoms with van der Waals surface area (Å²) in [7, 11) is 0. The maximum atomic E-state index is 12.6. The number of carbonyl (C=O) groups is 1. The van der Waals surface area contributed by atoms with E-state index in [-0.39, 0.29) is 17.1 Å². The molecule has 0 spiro atoms. The van der Waals surface area contributed by atoms with E-state index in [1.807, 2.05) is 0 Å². The third-order valence-corrected chi connectivity index (χ3v) is 4.41. The first-order chi connectivity index (χ1) is 14.5. The summed E-state index contributed by atoms with van der Waals surface area (Å²) in [6.07, 6.45) is -3.62. The lowest BCUT2D eigenvalue weighted by Crippen LogP contribution is -2.19. The smallest absolute Gasteiger partial charge is 0.435 e. The first kappa shape index (κ1) is 22.1. The number of aryl methyl sites for hydroxylation is 1. The predicted molar refractivity (Wildman–Crippen MR) is 105 cm³/mol. The number of amides is 1. The topological polar surface area (TPSA) is 99.3 Å². The van der Waals surface area contributed by atoms with Crippen molar-refractivity contribution in [2.45, 2.75) is 19.6 Å². The molecule has 0 radical (unpaired) electrons. The lowest BCUT2D eigenvalue weighted by Gasteiger charge is -2.10. The van der Waals surface area contributed by atoms with Crippen LogP contribution in [0.25, 0.3) is 0 Å². The number of benzene rings is 2. The highest BCUT2D eigenvalue weighted by Crippen LogP contribution is 2.31. The van der Waals surface area contributed by atoms with Gasteiger partial charge in [0.25, 0.3) is 5.69 Å². The fourth-order valence-electron chi connectivity index (χ4n) is 2.59. The number of rotatable bonds is 6. The van der Waals surface area contributed by atoms with E-state index in [0.29, 0.717) is 10.8 Å². The first-order valence-electron chi connectivity index (χ1n) is 8.65. The number of nitrogens with zero attached hydrogens (tertiary/aromatic N) is 3. The Kier molecular flexibility index (Phi) is 6.16. The van der Waals surface area contributed by atoms with Crippen LogP contribution < -0.4 is 10.1 Å². The third kappa shape index (κ3) is 5.72. The van der Waals surface area contributed by atoms with E-state index in [0.717, 1.165) is 28.6 Å². The normalized spacial score (nSPS) is 11.3. The molecule has 0 aliphatic rings. The molecule has 8 nitrogen and oxygen atoms in total. The molecule has 0 aliphatic heterocycles. The molecule has 0 unspecified atom stereocenters. The van der Waals surface area contributed by atoms with Crippen LogP contribution in [0.4, 0.5) is 24.5 Å². The molecular formula is C19H14ClF3N4O4. The minimum atomic E-state index is -4.63. The molecule has 162 valence electrons. The van der Waals surface area contributed by atoms with Crippen molar-refractivity contribution in [2.75, 3.05) is 5.32 Å². The minimum absolute atomic E-state index is 0.0306. The number of hydrogen-bond donors (Lipinski definition) is 1. The molecule has 3 rings (SSSR count). The van der Waals surface area contributed by atoms with Crippen molar-refractivity contribution < 1.29 is 27.6 Å². The van der Waals surface area contributed by atoms with Gasteiger partial charge in [-0.2, -0.15) is 18.3 Å². The maximum Gasteiger partial charge on any atom is 0.435 e. The van der Waals surface area contributed by atoms with E-state index in [4.69, 9.17) is 16.3 Å². The third-order valence-electron chi connectivity index (χ3n) is 3.99. The molecule has 0 aliphatic carbocycles. The molecule has 0 saturated carbocycles. The van der Waals surface area contributed by atoms with Gasteiger partial charge in [0.1, 0.15) is 18.0 Å². The second-order valence-electron chi connectivity index (χ2n) is 6.43. The number of ether oxygens (including phenoxy) is 1. The molecule has 1 amide bonds. The lowest BCUT2D eigenvalue weighted by molar-refractivity contribution is -0.384. The van der Waals surface area contributed by atoms with Gasteiger partial charge in [-0.1, -0.05) is 11.6 Å². The molecule has 1 aromatic heterocycles. The van der Waals surface area contributed by atoms with Gasteiger partial charge in [-0.15, -0.1) is 0 Å². The summed E-state index contributed by atoms with van der Waals surface area (Å²) in [6.45, 7) is 1.24. The van der Waals surface area contributed by atoms with Crippen LogP contribution >= 0.6 is 11.6 Å². The fourth-order valence-corrected chi connectivity index (χ4v) is 2.70. The monoisotopic (exact) mass is 454 g/mol. The molecule has 0 bridgehead atoms. The van der Waals surface area contributed by atoms with Crippen LogP contribution in [-0.2, 0) is 17.5 Å². The number of alkyl halides is 3. The van der Waals surface area contributed by atoms with Gasteiger partial charge in [0.15, 0.2) is 5.69 Å². The van der Waals surface area contributed by atoms with Gasteiger partial charge in [-0.3, -0.25) is 19.6 Å². The first-order valence-corrected chi connectivity index (χ1v) is 9.03. The number of aromatic nitrogens is 2. The zero-order valence-electron chi connectivity index (χ0n) is 15.8. The van der Waals surface area contributed by atoms with E-state index >= 15 is 0 Å². The molecule has 3 aromatic rings. The average molecular weight is 455 g/mol. The van der Waals surface area contributed by atoms with E-state index in [1.165, 1.54) is 12.1 Å². The SMILES string of the molecule is Cc1cc(Oc2cc(NC(=O)Cn3ccc(C(F)(F)F)n3)cc([N+](=O)[O-])c2)ccc1Cl. The van der Waals surface area contributed by atoms with Crippen molar-refractivity contribution in [1.82, 2.24) is 9.78 Å². The highest BCUT2D eigenvalue weighted by molar-refractivity contribution is 6.31. The molecule has 2 aromatic carbocycles. The van der Waals surface area contributed by atoms with Gasteiger partial charge in [-0.25, -0.2) is 0 Å². The van der Waals surface area contributed by atoms with Gasteiger partial charge < -0.3 is 10.1 Å². The quantitative estimate of drug-likeness (QED) is 0.407. The Hall–Kier alpha value is -3.60. The fraction of sp³-hybridized carbons (Fsp3) is 0.158. The molecule has 0 saturated heterocycles. The van der Waals surface area contributed by atoms with Crippen molar-refractivity contribution >= 4 is 28.9 Å². The summed E-state index contributed by atoms with van der Waals surface area (Å²) in [5.74, 6) is -0.286. The Labute approximate surface area is 178 Å². The van der Waals surface area contributed by atoms with E-state index in [9.17, 15) is 28.1 Å². The number of non-ortho nitro benzene ring substituents is 1. The Morgan fingerprint density at radius 3 is 2.58 bits per heavy atom. The number of carbonyl (C=O) groups excluding carboxylic acids is 1. The number of halogens is 4. The Balaban J connectivity index is 1.78. The second kappa shape index (κ2) is 8.64. The van der Waals surface area contributed by atoms with Crippen LogP contribution in [0.2, 0.25) is 5.02 Å². The van der Waals surface area contributed by atoms with Gasteiger partial charge in [0.2, 0.25) is 5.91 Å². The molecule has 0 atom stereocenters. The van der Waals surface area contributed by atoms with Crippen LogP contribution in [0.1, 0.15) is 11.3 Å². The number of nitro benzene ring substituents is 1. The molecule has 1 N–H and O–H groups in total. The molecule has 1 heterocycles. The zero-order valence-corrected chi connectivity index (χ0v) is 16.6. The van der Waals surface area contributed by atoms with E-state index in [2.05, 4.69) is 10.4 Å². The Bertz CT molecular complexity index is 1150.